The lowest BCUT2D eigenvalue weighted by Crippen LogP contribution is -2.46. The fourth-order valence-corrected chi connectivity index (χ4v) is 4.11. The molecule has 162 valence electrons. The predicted octanol–water partition coefficient (Wildman–Crippen LogP) is 4.10. The van der Waals surface area contributed by atoms with Gasteiger partial charge in [-0.25, -0.2) is 19.0 Å². The highest BCUT2D eigenvalue weighted by Gasteiger charge is 2.21. The normalized spacial score (nSPS) is 14.6. The molecular weight excluding hydrogens is 403 g/mol. The van der Waals surface area contributed by atoms with Crippen molar-refractivity contribution in [2.75, 3.05) is 31.1 Å². The fraction of sp³-hybridized carbons (Fsp3) is 0.240. The van der Waals surface area contributed by atoms with Gasteiger partial charge < -0.3 is 4.90 Å². The molecule has 0 spiro atoms. The Bertz CT molecular complexity index is 1200. The molecule has 1 saturated heterocycles. The number of nitrogens with zero attached hydrogens (tertiary/aromatic N) is 6. The van der Waals surface area contributed by atoms with Gasteiger partial charge in [0.1, 0.15) is 5.82 Å². The van der Waals surface area contributed by atoms with Gasteiger partial charge in [0.05, 0.1) is 11.4 Å². The Morgan fingerprint density at radius 1 is 0.906 bits per heavy atom. The first-order chi connectivity index (χ1) is 15.7. The van der Waals surface area contributed by atoms with Gasteiger partial charge in [-0.15, -0.1) is 0 Å². The predicted molar refractivity (Wildman–Crippen MR) is 123 cm³/mol. The molecule has 1 aliphatic rings. The average Bonchev–Trinajstić information content (AvgIpc) is 3.24. The fourth-order valence-electron chi connectivity index (χ4n) is 4.11. The minimum absolute atomic E-state index is 0.255. The summed E-state index contributed by atoms with van der Waals surface area (Å²) in [4.78, 5) is 13.3. The molecule has 2 aromatic heterocycles. The Labute approximate surface area is 187 Å². The van der Waals surface area contributed by atoms with E-state index in [-0.39, 0.29) is 5.82 Å². The molecule has 1 fully saturated rings. The van der Waals surface area contributed by atoms with Crippen molar-refractivity contribution in [3.8, 4) is 16.9 Å². The van der Waals surface area contributed by atoms with Gasteiger partial charge in [0.2, 0.25) is 5.95 Å². The second kappa shape index (κ2) is 8.88. The Balaban J connectivity index is 1.40. The first kappa shape index (κ1) is 20.3. The van der Waals surface area contributed by atoms with Crippen LogP contribution in [0.25, 0.3) is 16.9 Å². The number of piperazine rings is 1. The van der Waals surface area contributed by atoms with Gasteiger partial charge in [-0.3, -0.25) is 4.90 Å². The van der Waals surface area contributed by atoms with E-state index in [0.29, 0.717) is 0 Å². The third kappa shape index (κ3) is 4.38. The van der Waals surface area contributed by atoms with Crippen LogP contribution in [0.4, 0.5) is 10.3 Å². The molecule has 6 nitrogen and oxygen atoms in total. The van der Waals surface area contributed by atoms with Gasteiger partial charge in [0, 0.05) is 62.4 Å². The third-order valence-corrected chi connectivity index (χ3v) is 5.76. The molecule has 0 bridgehead atoms. The molecule has 4 aromatic rings. The van der Waals surface area contributed by atoms with Crippen LogP contribution in [0, 0.1) is 12.7 Å². The molecule has 0 atom stereocenters. The maximum Gasteiger partial charge on any atom is 0.225 e. The summed E-state index contributed by atoms with van der Waals surface area (Å²) in [5.74, 6) is 0.523. The van der Waals surface area contributed by atoms with Crippen molar-refractivity contribution in [1.29, 1.82) is 0 Å². The molecule has 0 saturated carbocycles. The summed E-state index contributed by atoms with van der Waals surface area (Å²) in [6, 6.07) is 16.7. The first-order valence-corrected chi connectivity index (χ1v) is 10.8. The van der Waals surface area contributed by atoms with Crippen LogP contribution in [0.1, 0.15) is 11.1 Å². The number of aryl methyl sites for hydroxylation is 1. The number of hydrogen-bond acceptors (Lipinski definition) is 5. The topological polar surface area (TPSA) is 50.1 Å². The van der Waals surface area contributed by atoms with Crippen LogP contribution in [-0.4, -0.2) is 50.8 Å². The summed E-state index contributed by atoms with van der Waals surface area (Å²) in [5, 5.41) is 4.85. The summed E-state index contributed by atoms with van der Waals surface area (Å²) in [5.41, 5.74) is 4.87. The van der Waals surface area contributed by atoms with Gasteiger partial charge in [0.25, 0.3) is 0 Å². The highest BCUT2D eigenvalue weighted by atomic mass is 19.1. The van der Waals surface area contributed by atoms with Gasteiger partial charge in [0.15, 0.2) is 0 Å². The number of hydrogen-bond donors (Lipinski definition) is 0. The first-order valence-electron chi connectivity index (χ1n) is 10.8. The largest absolute Gasteiger partial charge is 0.338 e. The molecule has 32 heavy (non-hydrogen) atoms. The highest BCUT2D eigenvalue weighted by Crippen LogP contribution is 2.26. The van der Waals surface area contributed by atoms with Crippen LogP contribution < -0.4 is 4.90 Å². The standard InChI is InChI=1S/C25H25FN6/c1-19-5-2-8-23(15-19)32-18-21(24(29-32)20-6-3-7-22(26)16-20)17-30-11-13-31(14-12-30)25-27-9-4-10-28-25/h2-10,15-16,18H,11-14,17H2,1H3. The molecule has 0 aliphatic carbocycles. The average molecular weight is 429 g/mol. The summed E-state index contributed by atoms with van der Waals surface area (Å²) >= 11 is 0. The van der Waals surface area contributed by atoms with Crippen LogP contribution in [0.15, 0.2) is 73.2 Å². The van der Waals surface area contributed by atoms with Gasteiger partial charge in [-0.1, -0.05) is 24.3 Å². The van der Waals surface area contributed by atoms with Crippen LogP contribution in [0.5, 0.6) is 0 Å². The minimum atomic E-state index is -0.255. The van der Waals surface area contributed by atoms with Crippen molar-refractivity contribution >= 4 is 5.95 Å². The van der Waals surface area contributed by atoms with Crippen molar-refractivity contribution in [2.24, 2.45) is 0 Å². The Morgan fingerprint density at radius 3 is 2.44 bits per heavy atom. The van der Waals surface area contributed by atoms with Gasteiger partial charge in [-0.2, -0.15) is 5.10 Å². The monoisotopic (exact) mass is 428 g/mol. The van der Waals surface area contributed by atoms with E-state index in [4.69, 9.17) is 5.10 Å². The molecule has 1 aliphatic heterocycles. The Kier molecular flexibility index (Phi) is 5.64. The molecular formula is C25H25FN6. The minimum Gasteiger partial charge on any atom is -0.338 e. The summed E-state index contributed by atoms with van der Waals surface area (Å²) in [6.45, 7) is 6.35. The van der Waals surface area contributed by atoms with Crippen LogP contribution in [0.2, 0.25) is 0 Å². The molecule has 3 heterocycles. The van der Waals surface area contributed by atoms with Crippen molar-refractivity contribution in [2.45, 2.75) is 13.5 Å². The van der Waals surface area contributed by atoms with Crippen LogP contribution in [0.3, 0.4) is 0 Å². The SMILES string of the molecule is Cc1cccc(-n2cc(CN3CCN(c4ncccn4)CC3)c(-c3cccc(F)c3)n2)c1. The van der Waals surface area contributed by atoms with E-state index in [1.165, 1.54) is 11.6 Å². The molecule has 0 amide bonds. The van der Waals surface area contributed by atoms with E-state index in [9.17, 15) is 4.39 Å². The smallest absolute Gasteiger partial charge is 0.225 e. The van der Waals surface area contributed by atoms with Crippen LogP contribution in [-0.2, 0) is 6.54 Å². The van der Waals surface area contributed by atoms with E-state index >= 15 is 0 Å². The number of halogens is 1. The maximum absolute atomic E-state index is 14.0. The summed E-state index contributed by atoms with van der Waals surface area (Å²) < 4.78 is 15.9. The van der Waals surface area contributed by atoms with Gasteiger partial charge >= 0.3 is 0 Å². The van der Waals surface area contributed by atoms with E-state index < -0.39 is 0 Å². The Hall–Kier alpha value is -3.58. The van der Waals surface area contributed by atoms with E-state index in [1.54, 1.807) is 24.5 Å². The van der Waals surface area contributed by atoms with Gasteiger partial charge in [-0.05, 0) is 42.8 Å². The number of aromatic nitrogens is 4. The molecule has 5 rings (SSSR count). The van der Waals surface area contributed by atoms with Crippen LogP contribution >= 0.6 is 0 Å². The third-order valence-electron chi connectivity index (χ3n) is 5.76. The summed E-state index contributed by atoms with van der Waals surface area (Å²) in [6.07, 6.45) is 5.63. The van der Waals surface area contributed by atoms with Crippen molar-refractivity contribution in [3.63, 3.8) is 0 Å². The van der Waals surface area contributed by atoms with E-state index in [2.05, 4.69) is 45.0 Å². The second-order valence-electron chi connectivity index (χ2n) is 8.11. The van der Waals surface area contributed by atoms with Crippen molar-refractivity contribution < 1.29 is 4.39 Å². The number of rotatable bonds is 5. The number of anilines is 1. The zero-order valence-corrected chi connectivity index (χ0v) is 18.0. The Morgan fingerprint density at radius 2 is 1.69 bits per heavy atom. The molecule has 0 radical (unpaired) electrons. The number of benzene rings is 2. The lowest BCUT2D eigenvalue weighted by atomic mass is 10.1. The van der Waals surface area contributed by atoms with Crippen molar-refractivity contribution in [1.82, 2.24) is 24.6 Å². The lowest BCUT2D eigenvalue weighted by Gasteiger charge is -2.34. The van der Waals surface area contributed by atoms with E-state index in [1.807, 2.05) is 28.9 Å². The highest BCUT2D eigenvalue weighted by molar-refractivity contribution is 5.63. The molecule has 7 heteroatoms. The molecule has 0 unspecified atom stereocenters. The molecule has 0 N–H and O–H groups in total. The molecule has 2 aromatic carbocycles. The van der Waals surface area contributed by atoms with E-state index in [0.717, 1.165) is 61.2 Å². The quantitative estimate of drug-likeness (QED) is 0.479. The zero-order chi connectivity index (χ0) is 21.9. The van der Waals surface area contributed by atoms with Crippen molar-refractivity contribution in [3.05, 3.63) is 90.1 Å². The summed E-state index contributed by atoms with van der Waals surface area (Å²) in [7, 11) is 0. The maximum atomic E-state index is 14.0. The lowest BCUT2D eigenvalue weighted by molar-refractivity contribution is 0.249. The zero-order valence-electron chi connectivity index (χ0n) is 18.0. The second-order valence-corrected chi connectivity index (χ2v) is 8.11.